The molecule has 1 aromatic rings. The van der Waals surface area contributed by atoms with Gasteiger partial charge in [-0.3, -0.25) is 4.79 Å². The van der Waals surface area contributed by atoms with Gasteiger partial charge in [0.25, 0.3) is 5.91 Å². The number of allylic oxidation sites excluding steroid dienone is 1. The first-order valence-electron chi connectivity index (χ1n) is 4.83. The van der Waals surface area contributed by atoms with Crippen molar-refractivity contribution in [2.24, 2.45) is 0 Å². The van der Waals surface area contributed by atoms with Crippen molar-refractivity contribution in [2.45, 2.75) is 13.8 Å². The molecule has 0 radical (unpaired) electrons. The fourth-order valence-electron chi connectivity index (χ4n) is 1.21. The molecule has 2 N–H and O–H groups in total. The van der Waals surface area contributed by atoms with E-state index in [1.165, 1.54) is 6.92 Å². The molecule has 0 spiro atoms. The van der Waals surface area contributed by atoms with Crippen LogP contribution in [0.25, 0.3) is 0 Å². The summed E-state index contributed by atoms with van der Waals surface area (Å²) < 4.78 is 1.09. The molecule has 0 aliphatic heterocycles. The van der Waals surface area contributed by atoms with Crippen LogP contribution < -0.4 is 5.32 Å². The van der Waals surface area contributed by atoms with Crippen LogP contribution >= 0.6 is 22.6 Å². The van der Waals surface area contributed by atoms with E-state index >= 15 is 0 Å². The Balaban J connectivity index is 2.93. The number of aliphatic hydroxyl groups is 1. The maximum absolute atomic E-state index is 11.6. The van der Waals surface area contributed by atoms with Gasteiger partial charge in [0.1, 0.15) is 11.8 Å². The minimum absolute atomic E-state index is 0.277. The van der Waals surface area contributed by atoms with Gasteiger partial charge >= 0.3 is 0 Å². The smallest absolute Gasteiger partial charge is 0.269 e. The van der Waals surface area contributed by atoms with Gasteiger partial charge < -0.3 is 10.4 Å². The second kappa shape index (κ2) is 5.68. The zero-order chi connectivity index (χ0) is 13.0. The molecule has 0 aliphatic rings. The van der Waals surface area contributed by atoms with E-state index in [1.54, 1.807) is 18.2 Å². The lowest BCUT2D eigenvalue weighted by molar-refractivity contribution is -0.112. The van der Waals surface area contributed by atoms with E-state index in [0.29, 0.717) is 5.69 Å². The molecule has 0 saturated carbocycles. The zero-order valence-corrected chi connectivity index (χ0v) is 11.6. The molecule has 0 aliphatic carbocycles. The lowest BCUT2D eigenvalue weighted by atomic mass is 10.2. The molecule has 1 amide bonds. The third-order valence-corrected chi connectivity index (χ3v) is 3.33. The van der Waals surface area contributed by atoms with Gasteiger partial charge in [-0.05, 0) is 60.2 Å². The molecule has 0 aromatic heterocycles. The van der Waals surface area contributed by atoms with Crippen LogP contribution in [-0.4, -0.2) is 11.0 Å². The number of amides is 1. The minimum Gasteiger partial charge on any atom is -0.511 e. The van der Waals surface area contributed by atoms with Crippen LogP contribution in [0, 0.1) is 21.8 Å². The number of nitriles is 1. The molecule has 0 bridgehead atoms. The predicted molar refractivity (Wildman–Crippen MR) is 73.5 cm³/mol. The summed E-state index contributed by atoms with van der Waals surface area (Å²) in [6.45, 7) is 3.23. The molecule has 0 heterocycles. The van der Waals surface area contributed by atoms with E-state index in [2.05, 4.69) is 27.9 Å². The van der Waals surface area contributed by atoms with Crippen molar-refractivity contribution in [1.82, 2.24) is 0 Å². The zero-order valence-electron chi connectivity index (χ0n) is 9.41. The van der Waals surface area contributed by atoms with Gasteiger partial charge in [0.15, 0.2) is 5.57 Å². The van der Waals surface area contributed by atoms with E-state index in [-0.39, 0.29) is 11.3 Å². The molecule has 17 heavy (non-hydrogen) atoms. The molecule has 4 nitrogen and oxygen atoms in total. The highest BCUT2D eigenvalue weighted by atomic mass is 127. The molecule has 1 aromatic carbocycles. The Kier molecular flexibility index (Phi) is 4.52. The number of nitrogens with one attached hydrogen (secondary N) is 1. The van der Waals surface area contributed by atoms with Crippen LogP contribution in [0.1, 0.15) is 12.5 Å². The summed E-state index contributed by atoms with van der Waals surface area (Å²) in [6, 6.07) is 7.08. The normalized spacial score (nSPS) is 11.4. The SMILES string of the molecule is CC(O)=C(C#N)C(=O)Nc1ccc(I)c(C)c1. The summed E-state index contributed by atoms with van der Waals surface area (Å²) in [7, 11) is 0. The third-order valence-electron chi connectivity index (χ3n) is 2.12. The quantitative estimate of drug-likeness (QED) is 0.376. The Labute approximate surface area is 113 Å². The summed E-state index contributed by atoms with van der Waals surface area (Å²) in [5.41, 5.74) is 1.36. The second-order valence-corrected chi connectivity index (χ2v) is 4.65. The molecule has 0 atom stereocenters. The number of benzene rings is 1. The molecular formula is C12H11IN2O2. The van der Waals surface area contributed by atoms with Crippen molar-refractivity contribution in [3.8, 4) is 6.07 Å². The minimum atomic E-state index is -0.604. The summed E-state index contributed by atoms with van der Waals surface area (Å²) in [4.78, 5) is 11.6. The van der Waals surface area contributed by atoms with Gasteiger partial charge in [-0.2, -0.15) is 5.26 Å². The van der Waals surface area contributed by atoms with Crippen molar-refractivity contribution in [1.29, 1.82) is 5.26 Å². The summed E-state index contributed by atoms with van der Waals surface area (Å²) in [5, 5.41) is 20.4. The number of anilines is 1. The molecule has 1 rings (SSSR count). The van der Waals surface area contributed by atoms with Gasteiger partial charge in [0.2, 0.25) is 0 Å². The first kappa shape index (κ1) is 13.5. The lowest BCUT2D eigenvalue weighted by Crippen LogP contribution is -2.15. The van der Waals surface area contributed by atoms with Crippen molar-refractivity contribution in [2.75, 3.05) is 5.32 Å². The van der Waals surface area contributed by atoms with Crippen molar-refractivity contribution in [3.05, 3.63) is 38.7 Å². The van der Waals surface area contributed by atoms with Gasteiger partial charge in [-0.25, -0.2) is 0 Å². The Hall–Kier alpha value is -1.55. The van der Waals surface area contributed by atoms with Crippen LogP contribution in [0.2, 0.25) is 0 Å². The van der Waals surface area contributed by atoms with Crippen LogP contribution in [-0.2, 0) is 4.79 Å². The number of aliphatic hydroxyl groups excluding tert-OH is 1. The van der Waals surface area contributed by atoms with Gasteiger partial charge in [-0.15, -0.1) is 0 Å². The first-order chi connectivity index (χ1) is 7.95. The van der Waals surface area contributed by atoms with E-state index in [9.17, 15) is 4.79 Å². The summed E-state index contributed by atoms with van der Waals surface area (Å²) in [5.74, 6) is -0.889. The maximum atomic E-state index is 11.6. The second-order valence-electron chi connectivity index (χ2n) is 3.49. The fraction of sp³-hybridized carbons (Fsp3) is 0.167. The van der Waals surface area contributed by atoms with Crippen molar-refractivity contribution in [3.63, 3.8) is 0 Å². The standard InChI is InChI=1S/C12H11IN2O2/c1-7-5-9(3-4-11(7)13)15-12(17)10(6-14)8(2)16/h3-5,16H,1-2H3,(H,15,17). The highest BCUT2D eigenvalue weighted by molar-refractivity contribution is 14.1. The Morgan fingerprint density at radius 2 is 2.18 bits per heavy atom. The Morgan fingerprint density at radius 3 is 2.65 bits per heavy atom. The Morgan fingerprint density at radius 1 is 1.53 bits per heavy atom. The molecule has 88 valence electrons. The molecular weight excluding hydrogens is 331 g/mol. The number of rotatable bonds is 2. The Bertz CT molecular complexity index is 526. The topological polar surface area (TPSA) is 73.1 Å². The third kappa shape index (κ3) is 3.46. The molecule has 0 fully saturated rings. The average Bonchev–Trinajstić information content (AvgIpc) is 2.24. The predicted octanol–water partition coefficient (Wildman–Crippen LogP) is 2.89. The van der Waals surface area contributed by atoms with E-state index in [4.69, 9.17) is 10.4 Å². The summed E-state index contributed by atoms with van der Waals surface area (Å²) >= 11 is 2.19. The maximum Gasteiger partial charge on any atom is 0.269 e. The highest BCUT2D eigenvalue weighted by Gasteiger charge is 2.12. The fourth-order valence-corrected chi connectivity index (χ4v) is 1.55. The molecule has 5 heteroatoms. The molecule has 0 saturated heterocycles. The van der Waals surface area contributed by atoms with Crippen LogP contribution in [0.15, 0.2) is 29.5 Å². The van der Waals surface area contributed by atoms with Crippen molar-refractivity contribution >= 4 is 34.2 Å². The van der Waals surface area contributed by atoms with E-state index < -0.39 is 5.91 Å². The first-order valence-corrected chi connectivity index (χ1v) is 5.91. The number of carbonyl (C=O) groups is 1. The van der Waals surface area contributed by atoms with Crippen LogP contribution in [0.5, 0.6) is 0 Å². The van der Waals surface area contributed by atoms with Crippen molar-refractivity contribution < 1.29 is 9.90 Å². The van der Waals surface area contributed by atoms with Gasteiger partial charge in [-0.1, -0.05) is 0 Å². The molecule has 0 unspecified atom stereocenters. The number of halogens is 1. The van der Waals surface area contributed by atoms with Crippen LogP contribution in [0.3, 0.4) is 0 Å². The number of hydrogen-bond acceptors (Lipinski definition) is 3. The lowest BCUT2D eigenvalue weighted by Gasteiger charge is -2.06. The number of nitrogens with zero attached hydrogens (tertiary/aromatic N) is 1. The number of aryl methyl sites for hydroxylation is 1. The van der Waals surface area contributed by atoms with E-state index in [0.717, 1.165) is 9.13 Å². The van der Waals surface area contributed by atoms with Gasteiger partial charge in [0, 0.05) is 9.26 Å². The summed E-state index contributed by atoms with van der Waals surface area (Å²) in [6.07, 6.45) is 0. The van der Waals surface area contributed by atoms with E-state index in [1.807, 2.05) is 13.0 Å². The highest BCUT2D eigenvalue weighted by Crippen LogP contribution is 2.17. The van der Waals surface area contributed by atoms with Crippen LogP contribution in [0.4, 0.5) is 5.69 Å². The van der Waals surface area contributed by atoms with Gasteiger partial charge in [0.05, 0.1) is 0 Å². The largest absolute Gasteiger partial charge is 0.511 e. The average molecular weight is 342 g/mol. The monoisotopic (exact) mass is 342 g/mol. The number of hydrogen-bond donors (Lipinski definition) is 2. The number of carbonyl (C=O) groups excluding carboxylic acids is 1.